The number of nitrogens with zero attached hydrogens (tertiary/aromatic N) is 1. The van der Waals surface area contributed by atoms with Crippen LogP contribution in [0.4, 0.5) is 0 Å². The van der Waals surface area contributed by atoms with Crippen molar-refractivity contribution in [3.8, 4) is 0 Å². The van der Waals surface area contributed by atoms with Crippen molar-refractivity contribution in [2.75, 3.05) is 12.3 Å². The Bertz CT molecular complexity index is 768. The van der Waals surface area contributed by atoms with E-state index in [9.17, 15) is 0 Å². The van der Waals surface area contributed by atoms with Crippen LogP contribution in [0.25, 0.3) is 0 Å². The molecule has 0 saturated carbocycles. The predicted molar refractivity (Wildman–Crippen MR) is 118 cm³/mol. The molecular formula is C22H26NPSe2. The van der Waals surface area contributed by atoms with Crippen molar-refractivity contribution in [3.63, 3.8) is 0 Å². The van der Waals surface area contributed by atoms with Gasteiger partial charge in [0.1, 0.15) is 0 Å². The number of benzene rings is 2. The third kappa shape index (κ3) is 6.12. The van der Waals surface area contributed by atoms with Crippen molar-refractivity contribution >= 4 is 33.8 Å². The van der Waals surface area contributed by atoms with E-state index < -0.39 is 4.20 Å². The second kappa shape index (κ2) is 9.93. The Kier molecular flexibility index (Phi) is 7.62. The van der Waals surface area contributed by atoms with Crippen LogP contribution >= 0.6 is 4.20 Å². The Morgan fingerprint density at radius 2 is 1.27 bits per heavy atom. The van der Waals surface area contributed by atoms with Crippen molar-refractivity contribution in [1.82, 2.24) is 4.57 Å². The van der Waals surface area contributed by atoms with Gasteiger partial charge in [0.05, 0.1) is 0 Å². The van der Waals surface area contributed by atoms with Crippen molar-refractivity contribution in [1.29, 1.82) is 0 Å². The van der Waals surface area contributed by atoms with Gasteiger partial charge in [-0.2, -0.15) is 0 Å². The van der Waals surface area contributed by atoms with E-state index >= 15 is 0 Å². The zero-order valence-corrected chi connectivity index (χ0v) is 19.5. The number of aryl methyl sites for hydroxylation is 2. The fourth-order valence-electron chi connectivity index (χ4n) is 3.03. The van der Waals surface area contributed by atoms with E-state index in [0.717, 1.165) is 0 Å². The zero-order valence-electron chi connectivity index (χ0n) is 15.2. The molecule has 4 heteroatoms. The molecule has 0 N–H and O–H groups in total. The van der Waals surface area contributed by atoms with Gasteiger partial charge in [0.15, 0.2) is 0 Å². The first-order chi connectivity index (χ1) is 12.6. The molecule has 2 aromatic carbocycles. The summed E-state index contributed by atoms with van der Waals surface area (Å²) in [7, 11) is 0. The van der Waals surface area contributed by atoms with Crippen molar-refractivity contribution in [2.45, 2.75) is 24.7 Å². The first-order valence-corrected chi connectivity index (χ1v) is 16.7. The van der Waals surface area contributed by atoms with Crippen LogP contribution in [-0.2, 0) is 12.8 Å². The number of hydrogen-bond donors (Lipinski definition) is 0. The van der Waals surface area contributed by atoms with Gasteiger partial charge in [0.25, 0.3) is 0 Å². The monoisotopic (exact) mass is 495 g/mol. The molecule has 1 atom stereocenters. The van der Waals surface area contributed by atoms with Crippen molar-refractivity contribution in [3.05, 3.63) is 96.3 Å². The van der Waals surface area contributed by atoms with Crippen LogP contribution in [-0.4, -0.2) is 46.5 Å². The molecule has 0 saturated heterocycles. The van der Waals surface area contributed by atoms with Crippen LogP contribution < -0.4 is 0 Å². The summed E-state index contributed by atoms with van der Waals surface area (Å²) >= 11 is 4.34. The van der Waals surface area contributed by atoms with Gasteiger partial charge in [-0.1, -0.05) is 0 Å². The molecule has 1 unspecified atom stereocenters. The standard InChI is InChI=1S/C22H26NPSe2/c1-20(23-16-8-9-17-23)26-24(25,18-14-21-10-4-2-5-11-21)19-15-22-12-6-3-7-13-22/h2-13,16-17,20H,14-15,18-19H2,1H3. The fraction of sp³-hybridized carbons (Fsp3) is 0.273. The molecular weight excluding hydrogens is 467 g/mol. The molecule has 0 amide bonds. The average molecular weight is 493 g/mol. The average Bonchev–Trinajstić information content (AvgIpc) is 3.22. The van der Waals surface area contributed by atoms with Gasteiger partial charge < -0.3 is 0 Å². The Labute approximate surface area is 171 Å². The predicted octanol–water partition coefficient (Wildman–Crippen LogP) is 5.21. The van der Waals surface area contributed by atoms with Gasteiger partial charge >= 0.3 is 172 Å². The van der Waals surface area contributed by atoms with Crippen molar-refractivity contribution < 1.29 is 0 Å². The number of rotatable bonds is 9. The second-order valence-electron chi connectivity index (χ2n) is 6.57. The van der Waals surface area contributed by atoms with Gasteiger partial charge in [-0.25, -0.2) is 0 Å². The van der Waals surface area contributed by atoms with Crippen LogP contribution in [0, 0.1) is 0 Å². The minimum absolute atomic E-state index is 0.593. The van der Waals surface area contributed by atoms with E-state index in [1.54, 1.807) is 0 Å². The Hall–Kier alpha value is -0.811. The normalized spacial score (nSPS) is 12.8. The maximum absolute atomic E-state index is 3.75. The summed E-state index contributed by atoms with van der Waals surface area (Å²) < 4.78 is 1.31. The molecule has 1 aromatic heterocycles. The molecule has 1 heterocycles. The first kappa shape index (κ1) is 19.9. The van der Waals surface area contributed by atoms with Gasteiger partial charge in [-0.05, 0) is 0 Å². The van der Waals surface area contributed by atoms with Crippen LogP contribution in [0.3, 0.4) is 0 Å². The number of aromatic nitrogens is 1. The summed E-state index contributed by atoms with van der Waals surface area (Å²) in [4.78, 5) is 0.610. The summed E-state index contributed by atoms with van der Waals surface area (Å²) in [6.07, 6.45) is 9.44. The maximum atomic E-state index is 3.75. The molecule has 0 aliphatic carbocycles. The summed E-state index contributed by atoms with van der Waals surface area (Å²) in [5.74, 6) is 0. The number of hydrogen-bond acceptors (Lipinski definition) is 0. The molecule has 0 aliphatic heterocycles. The van der Waals surface area contributed by atoms with E-state index in [1.807, 2.05) is 0 Å². The van der Waals surface area contributed by atoms with Crippen LogP contribution in [0.15, 0.2) is 85.2 Å². The van der Waals surface area contributed by atoms with E-state index in [1.165, 1.54) is 36.3 Å². The molecule has 3 aromatic rings. The second-order valence-corrected chi connectivity index (χ2v) is 24.4. The topological polar surface area (TPSA) is 4.93 Å². The third-order valence-corrected chi connectivity index (χ3v) is 19.3. The Balaban J connectivity index is 1.69. The molecule has 0 radical (unpaired) electrons. The Morgan fingerprint density at radius 3 is 1.73 bits per heavy atom. The summed E-state index contributed by atoms with van der Waals surface area (Å²) in [6.45, 7) is 2.39. The molecule has 26 heavy (non-hydrogen) atoms. The van der Waals surface area contributed by atoms with Crippen LogP contribution in [0.5, 0.6) is 0 Å². The van der Waals surface area contributed by atoms with E-state index in [-0.39, 0.29) is 0 Å². The van der Waals surface area contributed by atoms with E-state index in [2.05, 4.69) is 112 Å². The first-order valence-electron chi connectivity index (χ1n) is 9.11. The fourth-order valence-corrected chi connectivity index (χ4v) is 17.5. The molecule has 1 nitrogen and oxygen atoms in total. The molecule has 0 fully saturated rings. The third-order valence-electron chi connectivity index (χ3n) is 4.56. The molecule has 136 valence electrons. The van der Waals surface area contributed by atoms with Gasteiger partial charge in [-0.15, -0.1) is 0 Å². The minimum atomic E-state index is -1.08. The summed E-state index contributed by atoms with van der Waals surface area (Å²) in [6, 6.07) is 26.2. The molecule has 0 bridgehead atoms. The van der Waals surface area contributed by atoms with E-state index in [4.69, 9.17) is 0 Å². The quantitative estimate of drug-likeness (QED) is 0.285. The van der Waals surface area contributed by atoms with Crippen LogP contribution in [0.1, 0.15) is 23.0 Å². The summed E-state index contributed by atoms with van der Waals surface area (Å²) in [5.41, 5.74) is 2.94. The molecule has 0 aliphatic rings. The van der Waals surface area contributed by atoms with Crippen LogP contribution in [0.2, 0.25) is 0 Å². The molecule has 0 spiro atoms. The SMILES string of the molecule is CC([Se]P(=[Se])(CCc1ccccc1)CCc1ccccc1)n1cccc1. The van der Waals surface area contributed by atoms with E-state index in [0.29, 0.717) is 19.5 Å². The Morgan fingerprint density at radius 1 is 0.808 bits per heavy atom. The summed E-state index contributed by atoms with van der Waals surface area (Å²) in [5, 5.41) is 0. The van der Waals surface area contributed by atoms with Gasteiger partial charge in [0.2, 0.25) is 0 Å². The van der Waals surface area contributed by atoms with Gasteiger partial charge in [0, 0.05) is 0 Å². The zero-order chi connectivity index (χ0) is 18.2. The van der Waals surface area contributed by atoms with Crippen molar-refractivity contribution in [2.24, 2.45) is 0 Å². The molecule has 3 rings (SSSR count). The van der Waals surface area contributed by atoms with Gasteiger partial charge in [-0.3, -0.25) is 0 Å².